The van der Waals surface area contributed by atoms with Crippen molar-refractivity contribution < 1.29 is 4.74 Å². The maximum atomic E-state index is 9.81. The zero-order chi connectivity index (χ0) is 13.6. The number of nitrogens with zero attached hydrogens (tertiary/aromatic N) is 2. The summed E-state index contributed by atoms with van der Waals surface area (Å²) in [6, 6.07) is 2.72. The van der Waals surface area contributed by atoms with Crippen molar-refractivity contribution in [2.75, 3.05) is 32.8 Å². The Morgan fingerprint density at radius 2 is 1.60 bits per heavy atom. The molecule has 4 bridgehead atoms. The Bertz CT molecular complexity index is 372. The van der Waals surface area contributed by atoms with Gasteiger partial charge in [0, 0.05) is 19.6 Å². The minimum atomic E-state index is 0.258. The van der Waals surface area contributed by atoms with Gasteiger partial charge < -0.3 is 4.74 Å². The molecule has 0 amide bonds. The fourth-order valence-electron chi connectivity index (χ4n) is 6.02. The van der Waals surface area contributed by atoms with Crippen LogP contribution in [-0.4, -0.2) is 37.7 Å². The van der Waals surface area contributed by atoms with Gasteiger partial charge >= 0.3 is 0 Å². The normalized spacial score (nSPS) is 45.2. The number of ether oxygens (including phenoxy) is 1. The summed E-state index contributed by atoms with van der Waals surface area (Å²) in [5.41, 5.74) is 0.377. The molecule has 0 radical (unpaired) electrons. The third kappa shape index (κ3) is 2.18. The summed E-state index contributed by atoms with van der Waals surface area (Å²) >= 11 is 0. The lowest BCUT2D eigenvalue weighted by Crippen LogP contribution is -2.52. The molecule has 5 aliphatic rings. The van der Waals surface area contributed by atoms with Gasteiger partial charge in [0.05, 0.1) is 25.2 Å². The van der Waals surface area contributed by atoms with Crippen molar-refractivity contribution in [3.8, 4) is 6.07 Å². The van der Waals surface area contributed by atoms with E-state index in [2.05, 4.69) is 11.0 Å². The molecule has 1 heterocycles. The molecular formula is C17H26N2O. The molecule has 20 heavy (non-hydrogen) atoms. The zero-order valence-corrected chi connectivity index (χ0v) is 12.4. The van der Waals surface area contributed by atoms with Gasteiger partial charge in [-0.3, -0.25) is 4.90 Å². The van der Waals surface area contributed by atoms with Crippen LogP contribution in [0.25, 0.3) is 0 Å². The molecule has 0 aromatic heterocycles. The second-order valence-corrected chi connectivity index (χ2v) is 7.87. The van der Waals surface area contributed by atoms with E-state index in [-0.39, 0.29) is 5.92 Å². The molecule has 4 saturated carbocycles. The average Bonchev–Trinajstić information content (AvgIpc) is 2.44. The average molecular weight is 274 g/mol. The lowest BCUT2D eigenvalue weighted by Gasteiger charge is -2.58. The van der Waals surface area contributed by atoms with E-state index in [0.29, 0.717) is 5.41 Å². The van der Waals surface area contributed by atoms with Crippen molar-refractivity contribution in [2.24, 2.45) is 29.1 Å². The third-order valence-corrected chi connectivity index (χ3v) is 6.53. The number of hydrogen-bond donors (Lipinski definition) is 0. The third-order valence-electron chi connectivity index (χ3n) is 6.53. The Kier molecular flexibility index (Phi) is 3.27. The van der Waals surface area contributed by atoms with Gasteiger partial charge in [-0.2, -0.15) is 5.26 Å². The fourth-order valence-corrected chi connectivity index (χ4v) is 6.02. The molecule has 110 valence electrons. The van der Waals surface area contributed by atoms with Gasteiger partial charge in [-0.25, -0.2) is 0 Å². The van der Waals surface area contributed by atoms with Crippen molar-refractivity contribution in [1.82, 2.24) is 4.90 Å². The summed E-state index contributed by atoms with van der Waals surface area (Å²) in [4.78, 5) is 2.47. The molecule has 5 rings (SSSR count). The molecule has 1 aliphatic heterocycles. The molecule has 1 saturated heterocycles. The van der Waals surface area contributed by atoms with Gasteiger partial charge in [0.15, 0.2) is 0 Å². The van der Waals surface area contributed by atoms with Crippen LogP contribution in [0.5, 0.6) is 0 Å². The van der Waals surface area contributed by atoms with Gasteiger partial charge in [-0.05, 0) is 61.7 Å². The lowest BCUT2D eigenvalue weighted by atomic mass is 9.46. The van der Waals surface area contributed by atoms with Gasteiger partial charge in [0.25, 0.3) is 0 Å². The monoisotopic (exact) mass is 274 g/mol. The van der Waals surface area contributed by atoms with E-state index in [0.717, 1.165) is 50.6 Å². The fraction of sp³-hybridized carbons (Fsp3) is 0.941. The zero-order valence-electron chi connectivity index (χ0n) is 12.4. The standard InChI is InChI=1S/C17H26N2O/c18-11-16(12-19-1-3-20-4-2-19)17-8-13-5-14(9-17)7-15(6-13)10-17/h13-16H,1-10,12H2. The smallest absolute Gasteiger partial charge is 0.0675 e. The van der Waals surface area contributed by atoms with Crippen LogP contribution in [0.3, 0.4) is 0 Å². The summed E-state index contributed by atoms with van der Waals surface area (Å²) in [5, 5.41) is 9.81. The van der Waals surface area contributed by atoms with Crippen molar-refractivity contribution in [3.63, 3.8) is 0 Å². The number of rotatable bonds is 3. The highest BCUT2D eigenvalue weighted by Crippen LogP contribution is 2.62. The number of hydrogen-bond acceptors (Lipinski definition) is 3. The molecule has 0 aromatic carbocycles. The van der Waals surface area contributed by atoms with Gasteiger partial charge in [-0.15, -0.1) is 0 Å². The van der Waals surface area contributed by atoms with Crippen LogP contribution in [0.2, 0.25) is 0 Å². The minimum absolute atomic E-state index is 0.258. The first-order valence-electron chi connectivity index (χ1n) is 8.47. The van der Waals surface area contributed by atoms with E-state index in [9.17, 15) is 5.26 Å². The Morgan fingerprint density at radius 3 is 2.10 bits per heavy atom. The second-order valence-electron chi connectivity index (χ2n) is 7.87. The summed E-state index contributed by atoms with van der Waals surface area (Å²) in [5.74, 6) is 3.10. The summed E-state index contributed by atoms with van der Waals surface area (Å²) in [6.45, 7) is 4.72. The van der Waals surface area contributed by atoms with Crippen LogP contribution in [0.1, 0.15) is 38.5 Å². The van der Waals surface area contributed by atoms with Crippen molar-refractivity contribution in [1.29, 1.82) is 5.26 Å². The lowest BCUT2D eigenvalue weighted by molar-refractivity contribution is -0.0839. The van der Waals surface area contributed by atoms with E-state index in [1.165, 1.54) is 38.5 Å². The van der Waals surface area contributed by atoms with Crippen LogP contribution in [-0.2, 0) is 4.74 Å². The molecular weight excluding hydrogens is 248 g/mol. The van der Waals surface area contributed by atoms with E-state index in [1.807, 2.05) is 0 Å². The molecule has 5 fully saturated rings. The summed E-state index contributed by atoms with van der Waals surface area (Å²) in [6.07, 6.45) is 8.45. The molecule has 0 N–H and O–H groups in total. The van der Waals surface area contributed by atoms with Gasteiger partial charge in [0.2, 0.25) is 0 Å². The Balaban J connectivity index is 1.50. The van der Waals surface area contributed by atoms with Crippen LogP contribution < -0.4 is 0 Å². The highest BCUT2D eigenvalue weighted by atomic mass is 16.5. The molecule has 0 aromatic rings. The highest BCUT2D eigenvalue weighted by molar-refractivity contribution is 5.09. The van der Waals surface area contributed by atoms with Crippen LogP contribution in [0, 0.1) is 40.4 Å². The Hall–Kier alpha value is -0.590. The van der Waals surface area contributed by atoms with Crippen molar-refractivity contribution >= 4 is 0 Å². The maximum Gasteiger partial charge on any atom is 0.0675 e. The molecule has 4 aliphatic carbocycles. The van der Waals surface area contributed by atoms with Crippen molar-refractivity contribution in [2.45, 2.75) is 38.5 Å². The highest BCUT2D eigenvalue weighted by Gasteiger charge is 2.54. The first-order valence-corrected chi connectivity index (χ1v) is 8.47. The molecule has 0 spiro atoms. The van der Waals surface area contributed by atoms with Crippen LogP contribution in [0.4, 0.5) is 0 Å². The Morgan fingerprint density at radius 1 is 1.05 bits per heavy atom. The van der Waals surface area contributed by atoms with E-state index in [1.54, 1.807) is 0 Å². The van der Waals surface area contributed by atoms with Crippen LogP contribution in [0.15, 0.2) is 0 Å². The van der Waals surface area contributed by atoms with Crippen molar-refractivity contribution in [3.05, 3.63) is 0 Å². The number of morpholine rings is 1. The van der Waals surface area contributed by atoms with E-state index >= 15 is 0 Å². The maximum absolute atomic E-state index is 9.81. The quantitative estimate of drug-likeness (QED) is 0.794. The molecule has 1 unspecified atom stereocenters. The first kappa shape index (κ1) is 13.1. The topological polar surface area (TPSA) is 36.3 Å². The molecule has 3 heteroatoms. The summed E-state index contributed by atoms with van der Waals surface area (Å²) in [7, 11) is 0. The predicted octanol–water partition coefficient (Wildman–Crippen LogP) is 2.67. The molecule has 3 nitrogen and oxygen atoms in total. The SMILES string of the molecule is N#CC(CN1CCOCC1)C12CC3CC(CC(C3)C1)C2. The minimum Gasteiger partial charge on any atom is -0.379 e. The van der Waals surface area contributed by atoms with E-state index in [4.69, 9.17) is 4.74 Å². The molecule has 1 atom stereocenters. The number of nitriles is 1. The summed E-state index contributed by atoms with van der Waals surface area (Å²) < 4.78 is 5.44. The van der Waals surface area contributed by atoms with Crippen LogP contribution >= 0.6 is 0 Å². The van der Waals surface area contributed by atoms with E-state index < -0.39 is 0 Å². The second kappa shape index (κ2) is 5.00. The predicted molar refractivity (Wildman–Crippen MR) is 77.0 cm³/mol. The Labute approximate surface area is 122 Å². The largest absolute Gasteiger partial charge is 0.379 e. The van der Waals surface area contributed by atoms with Gasteiger partial charge in [-0.1, -0.05) is 0 Å². The first-order chi connectivity index (χ1) is 9.77. The van der Waals surface area contributed by atoms with Gasteiger partial charge in [0.1, 0.15) is 0 Å².